The zero-order chi connectivity index (χ0) is 16.0. The summed E-state index contributed by atoms with van der Waals surface area (Å²) in [6, 6.07) is -0.195. The molecule has 1 aliphatic heterocycles. The quantitative estimate of drug-likeness (QED) is 0.645. The first-order valence-electron chi connectivity index (χ1n) is 6.95. The summed E-state index contributed by atoms with van der Waals surface area (Å²) in [6.07, 6.45) is 2.68. The molecule has 0 radical (unpaired) electrons. The molecular formula is C13H23N3O4S. The summed E-state index contributed by atoms with van der Waals surface area (Å²) in [5.74, 6) is -0.580. The smallest absolute Gasteiger partial charge is 0.246 e. The number of amides is 2. The highest BCUT2D eigenvalue weighted by Gasteiger charge is 2.33. The normalized spacial score (nSPS) is 19.2. The average molecular weight is 317 g/mol. The van der Waals surface area contributed by atoms with Gasteiger partial charge in [-0.1, -0.05) is 6.58 Å². The summed E-state index contributed by atoms with van der Waals surface area (Å²) in [6.45, 7) is 5.66. The maximum atomic E-state index is 11.9. The Morgan fingerprint density at radius 2 is 2.14 bits per heavy atom. The molecule has 0 aromatic heterocycles. The third-order valence-electron chi connectivity index (χ3n) is 3.51. The van der Waals surface area contributed by atoms with Crippen LogP contribution in [0, 0.1) is 0 Å². The minimum atomic E-state index is -3.23. The highest BCUT2D eigenvalue weighted by Crippen LogP contribution is 2.20. The largest absolute Gasteiger partial charge is 0.353 e. The van der Waals surface area contributed by atoms with Crippen LogP contribution in [0.1, 0.15) is 19.8 Å². The Hall–Kier alpha value is -1.41. The number of carbonyl (C=O) groups excluding carboxylic acids is 2. The van der Waals surface area contributed by atoms with Gasteiger partial charge in [0.25, 0.3) is 0 Å². The number of hydrogen-bond acceptors (Lipinski definition) is 4. The van der Waals surface area contributed by atoms with Gasteiger partial charge < -0.3 is 10.2 Å². The summed E-state index contributed by atoms with van der Waals surface area (Å²) in [5.41, 5.74) is 0. The van der Waals surface area contributed by atoms with Gasteiger partial charge in [0.1, 0.15) is 0 Å². The predicted octanol–water partition coefficient (Wildman–Crippen LogP) is -0.439. The van der Waals surface area contributed by atoms with Gasteiger partial charge >= 0.3 is 0 Å². The van der Waals surface area contributed by atoms with Crippen molar-refractivity contribution < 1.29 is 18.0 Å². The number of nitrogens with one attached hydrogen (secondary N) is 1. The van der Waals surface area contributed by atoms with Crippen LogP contribution in [0.3, 0.4) is 0 Å². The van der Waals surface area contributed by atoms with E-state index >= 15 is 0 Å². The van der Waals surface area contributed by atoms with Gasteiger partial charge in [0.05, 0.1) is 12.3 Å². The highest BCUT2D eigenvalue weighted by molar-refractivity contribution is 7.89. The van der Waals surface area contributed by atoms with Crippen LogP contribution < -0.4 is 5.32 Å². The zero-order valence-corrected chi connectivity index (χ0v) is 13.4. The molecule has 0 aromatic rings. The average Bonchev–Trinajstić information content (AvgIpc) is 2.93. The Bertz CT molecular complexity index is 504. The predicted molar refractivity (Wildman–Crippen MR) is 80.0 cm³/mol. The molecule has 0 saturated carbocycles. The molecule has 1 rings (SSSR count). The fourth-order valence-electron chi connectivity index (χ4n) is 2.28. The van der Waals surface area contributed by atoms with E-state index in [4.69, 9.17) is 0 Å². The summed E-state index contributed by atoms with van der Waals surface area (Å²) in [4.78, 5) is 24.3. The fourth-order valence-corrected chi connectivity index (χ4v) is 3.66. The molecule has 0 aliphatic carbocycles. The van der Waals surface area contributed by atoms with Gasteiger partial charge in [0.15, 0.2) is 0 Å². The van der Waals surface area contributed by atoms with Crippen molar-refractivity contribution in [1.82, 2.24) is 14.5 Å². The summed E-state index contributed by atoms with van der Waals surface area (Å²) in [5, 5.41) is 2.69. The Balaban J connectivity index is 2.49. The lowest BCUT2D eigenvalue weighted by Gasteiger charge is -2.24. The molecule has 1 unspecified atom stereocenters. The van der Waals surface area contributed by atoms with Crippen molar-refractivity contribution in [2.45, 2.75) is 25.8 Å². The molecule has 0 bridgehead atoms. The lowest BCUT2D eigenvalue weighted by Crippen LogP contribution is -2.46. The molecule has 1 atom stereocenters. The van der Waals surface area contributed by atoms with Crippen molar-refractivity contribution >= 4 is 21.8 Å². The van der Waals surface area contributed by atoms with E-state index in [1.807, 2.05) is 0 Å². The molecule has 1 heterocycles. The van der Waals surface area contributed by atoms with Gasteiger partial charge in [-0.2, -0.15) is 4.31 Å². The second kappa shape index (κ2) is 7.56. The lowest BCUT2D eigenvalue weighted by atomic mass is 10.2. The third-order valence-corrected chi connectivity index (χ3v) is 5.44. The van der Waals surface area contributed by atoms with Crippen LogP contribution >= 0.6 is 0 Å². The first kappa shape index (κ1) is 17.6. The maximum absolute atomic E-state index is 11.9. The van der Waals surface area contributed by atoms with E-state index in [2.05, 4.69) is 11.9 Å². The number of likely N-dealkylation sites (N-methyl/N-ethyl adjacent to an activating group) is 1. The van der Waals surface area contributed by atoms with Gasteiger partial charge in [-0.3, -0.25) is 9.59 Å². The Morgan fingerprint density at radius 1 is 1.48 bits per heavy atom. The molecule has 1 fully saturated rings. The third kappa shape index (κ3) is 4.82. The summed E-state index contributed by atoms with van der Waals surface area (Å²) >= 11 is 0. The summed E-state index contributed by atoms with van der Waals surface area (Å²) in [7, 11) is -1.72. The maximum Gasteiger partial charge on any atom is 0.246 e. The van der Waals surface area contributed by atoms with Gasteiger partial charge in [0.2, 0.25) is 21.8 Å². The minimum Gasteiger partial charge on any atom is -0.353 e. The number of carbonyl (C=O) groups is 2. The fraction of sp³-hybridized carbons (Fsp3) is 0.692. The van der Waals surface area contributed by atoms with Gasteiger partial charge in [-0.05, 0) is 25.8 Å². The van der Waals surface area contributed by atoms with Crippen LogP contribution in [-0.2, 0) is 19.6 Å². The molecule has 2 amide bonds. The molecule has 120 valence electrons. The van der Waals surface area contributed by atoms with E-state index in [9.17, 15) is 18.0 Å². The first-order chi connectivity index (χ1) is 9.81. The van der Waals surface area contributed by atoms with Crippen LogP contribution in [0.15, 0.2) is 12.7 Å². The number of rotatable bonds is 7. The molecule has 1 aliphatic rings. The molecule has 1 N–H and O–H groups in total. The SMILES string of the molecule is C=CC(=O)N(C)CC(=O)NCC1CCCN1S(=O)(=O)CC. The van der Waals surface area contributed by atoms with E-state index in [0.29, 0.717) is 6.54 Å². The van der Waals surface area contributed by atoms with Gasteiger partial charge in [-0.25, -0.2) is 8.42 Å². The zero-order valence-electron chi connectivity index (χ0n) is 12.5. The second-order valence-electron chi connectivity index (χ2n) is 5.01. The summed E-state index contributed by atoms with van der Waals surface area (Å²) < 4.78 is 25.3. The topological polar surface area (TPSA) is 86.8 Å². The van der Waals surface area contributed by atoms with Gasteiger partial charge in [-0.15, -0.1) is 0 Å². The van der Waals surface area contributed by atoms with Crippen LogP contribution in [-0.4, -0.2) is 67.9 Å². The molecule has 21 heavy (non-hydrogen) atoms. The van der Waals surface area contributed by atoms with Crippen molar-refractivity contribution in [3.8, 4) is 0 Å². The molecule has 0 spiro atoms. The van der Waals surface area contributed by atoms with Crippen LogP contribution in [0.2, 0.25) is 0 Å². The van der Waals surface area contributed by atoms with E-state index < -0.39 is 10.0 Å². The van der Waals surface area contributed by atoms with Crippen molar-refractivity contribution in [1.29, 1.82) is 0 Å². The van der Waals surface area contributed by atoms with Crippen molar-refractivity contribution in [3.63, 3.8) is 0 Å². The Morgan fingerprint density at radius 3 is 2.71 bits per heavy atom. The van der Waals surface area contributed by atoms with E-state index in [-0.39, 0.29) is 36.7 Å². The molecule has 0 aromatic carbocycles. The Labute approximate surface area is 126 Å². The van der Waals surface area contributed by atoms with E-state index in [1.165, 1.54) is 16.3 Å². The Kier molecular flexibility index (Phi) is 6.35. The van der Waals surface area contributed by atoms with Crippen LogP contribution in [0.5, 0.6) is 0 Å². The molecule has 8 heteroatoms. The van der Waals surface area contributed by atoms with E-state index in [1.54, 1.807) is 6.92 Å². The number of sulfonamides is 1. The van der Waals surface area contributed by atoms with Crippen molar-refractivity contribution in [3.05, 3.63) is 12.7 Å². The first-order valence-corrected chi connectivity index (χ1v) is 8.56. The second-order valence-corrected chi connectivity index (χ2v) is 7.22. The molecule has 1 saturated heterocycles. The molecule has 7 nitrogen and oxygen atoms in total. The van der Waals surface area contributed by atoms with Crippen LogP contribution in [0.4, 0.5) is 0 Å². The minimum absolute atomic E-state index is 0.0635. The molecular weight excluding hydrogens is 294 g/mol. The highest BCUT2D eigenvalue weighted by atomic mass is 32.2. The van der Waals surface area contributed by atoms with E-state index in [0.717, 1.165) is 18.9 Å². The van der Waals surface area contributed by atoms with Crippen LogP contribution in [0.25, 0.3) is 0 Å². The number of hydrogen-bond donors (Lipinski definition) is 1. The van der Waals surface area contributed by atoms with Crippen molar-refractivity contribution in [2.24, 2.45) is 0 Å². The number of nitrogens with zero attached hydrogens (tertiary/aromatic N) is 2. The van der Waals surface area contributed by atoms with Gasteiger partial charge in [0, 0.05) is 26.2 Å². The standard InChI is InChI=1S/C13H23N3O4S/c1-4-13(18)15(3)10-12(17)14-9-11-7-6-8-16(11)21(19,20)5-2/h4,11H,1,5-10H2,2-3H3,(H,14,17). The monoisotopic (exact) mass is 317 g/mol. The lowest BCUT2D eigenvalue weighted by molar-refractivity contribution is -0.131. The van der Waals surface area contributed by atoms with Crippen molar-refractivity contribution in [2.75, 3.05) is 32.4 Å².